The fourth-order valence-electron chi connectivity index (χ4n) is 2.64. The molecule has 4 amide bonds. The van der Waals surface area contributed by atoms with E-state index in [-0.39, 0.29) is 18.2 Å². The minimum atomic E-state index is -0.737. The first-order chi connectivity index (χ1) is 14.8. The summed E-state index contributed by atoms with van der Waals surface area (Å²) in [5, 5.41) is 7.45. The summed E-state index contributed by atoms with van der Waals surface area (Å²) >= 11 is 0. The van der Waals surface area contributed by atoms with E-state index in [0.29, 0.717) is 12.1 Å². The lowest BCUT2D eigenvalue weighted by Gasteiger charge is -2.18. The number of ether oxygens (including phenoxy) is 1. The highest BCUT2D eigenvalue weighted by molar-refractivity contribution is 5.96. The molecule has 0 aromatic heterocycles. The Kier molecular flexibility index (Phi) is 9.22. The SMILES string of the molecule is CC(C)CNC(=O)NC(=O)COC(=O)C[C@@H](NC(=O)c1ccccc1)c1ccccc1. The average Bonchev–Trinajstić information content (AvgIpc) is 2.77. The van der Waals surface area contributed by atoms with Crippen molar-refractivity contribution < 1.29 is 23.9 Å². The van der Waals surface area contributed by atoms with Gasteiger partial charge in [-0.15, -0.1) is 0 Å². The third-order valence-electron chi connectivity index (χ3n) is 4.20. The lowest BCUT2D eigenvalue weighted by molar-refractivity contribution is -0.148. The van der Waals surface area contributed by atoms with Crippen molar-refractivity contribution in [3.05, 3.63) is 71.8 Å². The zero-order valence-corrected chi connectivity index (χ0v) is 17.6. The van der Waals surface area contributed by atoms with Crippen molar-refractivity contribution in [3.63, 3.8) is 0 Å². The van der Waals surface area contributed by atoms with Crippen molar-refractivity contribution in [1.29, 1.82) is 0 Å². The molecule has 164 valence electrons. The van der Waals surface area contributed by atoms with E-state index < -0.39 is 30.6 Å². The van der Waals surface area contributed by atoms with Crippen LogP contribution in [0.3, 0.4) is 0 Å². The summed E-state index contributed by atoms with van der Waals surface area (Å²) in [6.07, 6.45) is -0.171. The van der Waals surface area contributed by atoms with Crippen LogP contribution in [0.25, 0.3) is 0 Å². The van der Waals surface area contributed by atoms with Gasteiger partial charge in [0.25, 0.3) is 11.8 Å². The minimum absolute atomic E-state index is 0.171. The second-order valence-electron chi connectivity index (χ2n) is 7.32. The monoisotopic (exact) mass is 425 g/mol. The summed E-state index contributed by atoms with van der Waals surface area (Å²) in [5.74, 6) is -1.51. The van der Waals surface area contributed by atoms with Crippen LogP contribution in [0.2, 0.25) is 0 Å². The Labute approximate surface area is 181 Å². The Balaban J connectivity index is 1.91. The number of carbonyl (C=O) groups is 4. The topological polar surface area (TPSA) is 114 Å². The third kappa shape index (κ3) is 8.69. The first kappa shape index (κ1) is 23.6. The molecule has 0 saturated carbocycles. The molecule has 31 heavy (non-hydrogen) atoms. The van der Waals surface area contributed by atoms with Crippen LogP contribution in [0.4, 0.5) is 4.79 Å². The van der Waals surface area contributed by atoms with Crippen molar-refractivity contribution in [1.82, 2.24) is 16.0 Å². The van der Waals surface area contributed by atoms with Gasteiger partial charge in [-0.25, -0.2) is 4.79 Å². The lowest BCUT2D eigenvalue weighted by atomic mass is 10.0. The molecule has 3 N–H and O–H groups in total. The first-order valence-corrected chi connectivity index (χ1v) is 9.99. The van der Waals surface area contributed by atoms with Crippen LogP contribution >= 0.6 is 0 Å². The molecule has 0 saturated heterocycles. The van der Waals surface area contributed by atoms with E-state index >= 15 is 0 Å². The fraction of sp³-hybridized carbons (Fsp3) is 0.304. The van der Waals surface area contributed by atoms with Crippen molar-refractivity contribution in [2.24, 2.45) is 5.92 Å². The summed E-state index contributed by atoms with van der Waals surface area (Å²) in [6, 6.07) is 16.3. The second kappa shape index (κ2) is 12.1. The van der Waals surface area contributed by atoms with Crippen molar-refractivity contribution >= 4 is 23.8 Å². The van der Waals surface area contributed by atoms with Crippen molar-refractivity contribution in [3.8, 4) is 0 Å². The molecule has 0 aliphatic carbocycles. The van der Waals surface area contributed by atoms with E-state index in [1.165, 1.54) is 0 Å². The number of carbonyl (C=O) groups excluding carboxylic acids is 4. The van der Waals surface area contributed by atoms with Gasteiger partial charge in [0.1, 0.15) is 0 Å². The maximum atomic E-state index is 12.5. The summed E-state index contributed by atoms with van der Waals surface area (Å²) in [6.45, 7) is 3.66. The average molecular weight is 425 g/mol. The molecular formula is C23H27N3O5. The highest BCUT2D eigenvalue weighted by atomic mass is 16.5. The number of esters is 1. The van der Waals surface area contributed by atoms with Gasteiger partial charge < -0.3 is 15.4 Å². The van der Waals surface area contributed by atoms with Crippen molar-refractivity contribution in [2.75, 3.05) is 13.2 Å². The predicted octanol–water partition coefficient (Wildman–Crippen LogP) is 2.57. The molecule has 0 aliphatic rings. The van der Waals surface area contributed by atoms with E-state index in [2.05, 4.69) is 16.0 Å². The van der Waals surface area contributed by atoms with E-state index in [0.717, 1.165) is 5.56 Å². The first-order valence-electron chi connectivity index (χ1n) is 9.99. The van der Waals surface area contributed by atoms with Crippen LogP contribution in [-0.4, -0.2) is 37.0 Å². The largest absolute Gasteiger partial charge is 0.455 e. The molecule has 2 aromatic carbocycles. The number of nitrogens with one attached hydrogen (secondary N) is 3. The molecule has 0 fully saturated rings. The van der Waals surface area contributed by atoms with E-state index in [9.17, 15) is 19.2 Å². The van der Waals surface area contributed by atoms with Crippen LogP contribution in [0, 0.1) is 5.92 Å². The van der Waals surface area contributed by atoms with E-state index in [4.69, 9.17) is 4.74 Å². The lowest BCUT2D eigenvalue weighted by Crippen LogP contribution is -2.42. The summed E-state index contributed by atoms with van der Waals surface area (Å²) in [5.41, 5.74) is 1.19. The smallest absolute Gasteiger partial charge is 0.321 e. The zero-order chi connectivity index (χ0) is 22.6. The molecule has 1 atom stereocenters. The van der Waals surface area contributed by atoms with Crippen LogP contribution in [0.1, 0.15) is 42.2 Å². The van der Waals surface area contributed by atoms with Crippen molar-refractivity contribution in [2.45, 2.75) is 26.3 Å². The molecule has 0 radical (unpaired) electrons. The van der Waals surface area contributed by atoms with Crippen LogP contribution in [0.15, 0.2) is 60.7 Å². The molecule has 2 rings (SSSR count). The molecule has 0 heterocycles. The molecule has 8 nitrogen and oxygen atoms in total. The summed E-state index contributed by atoms with van der Waals surface area (Å²) in [4.78, 5) is 48.2. The number of hydrogen-bond donors (Lipinski definition) is 3. The van der Waals surface area contributed by atoms with Gasteiger partial charge in [-0.2, -0.15) is 0 Å². The van der Waals surface area contributed by atoms with E-state index in [1.54, 1.807) is 54.6 Å². The standard InChI is InChI=1S/C23H27N3O5/c1-16(2)14-24-23(30)26-20(27)15-31-21(28)13-19(17-9-5-3-6-10-17)25-22(29)18-11-7-4-8-12-18/h3-12,16,19H,13-15H2,1-2H3,(H,25,29)(H2,24,26,27,30)/t19-/m1/s1. The van der Waals surface area contributed by atoms with Gasteiger partial charge in [0.15, 0.2) is 6.61 Å². The maximum absolute atomic E-state index is 12.5. The number of hydrogen-bond acceptors (Lipinski definition) is 5. The van der Waals surface area contributed by atoms with Gasteiger partial charge >= 0.3 is 12.0 Å². The number of urea groups is 1. The Hall–Kier alpha value is -3.68. The number of amides is 4. The Bertz CT molecular complexity index is 885. The molecule has 0 spiro atoms. The van der Waals surface area contributed by atoms with Gasteiger partial charge in [-0.3, -0.25) is 19.7 Å². The second-order valence-corrected chi connectivity index (χ2v) is 7.32. The van der Waals surface area contributed by atoms with E-state index in [1.807, 2.05) is 19.9 Å². The highest BCUT2D eigenvalue weighted by Gasteiger charge is 2.21. The van der Waals surface area contributed by atoms with Gasteiger partial charge in [-0.1, -0.05) is 62.4 Å². The van der Waals surface area contributed by atoms with Crippen LogP contribution in [-0.2, 0) is 14.3 Å². The minimum Gasteiger partial charge on any atom is -0.455 e. The highest BCUT2D eigenvalue weighted by Crippen LogP contribution is 2.18. The van der Waals surface area contributed by atoms with Gasteiger partial charge in [0.2, 0.25) is 0 Å². The van der Waals surface area contributed by atoms with Crippen LogP contribution in [0.5, 0.6) is 0 Å². The number of imide groups is 1. The predicted molar refractivity (Wildman–Crippen MR) is 115 cm³/mol. The molecule has 0 bridgehead atoms. The fourth-order valence-corrected chi connectivity index (χ4v) is 2.64. The zero-order valence-electron chi connectivity index (χ0n) is 17.6. The number of rotatable bonds is 9. The Morgan fingerprint density at radius 1 is 0.903 bits per heavy atom. The Morgan fingerprint density at radius 2 is 1.52 bits per heavy atom. The van der Waals surface area contributed by atoms with Gasteiger partial charge in [-0.05, 0) is 23.6 Å². The van der Waals surface area contributed by atoms with Gasteiger partial charge in [0, 0.05) is 12.1 Å². The molecule has 0 aliphatic heterocycles. The van der Waals surface area contributed by atoms with Crippen LogP contribution < -0.4 is 16.0 Å². The Morgan fingerprint density at radius 3 is 2.13 bits per heavy atom. The number of benzene rings is 2. The maximum Gasteiger partial charge on any atom is 0.321 e. The molecule has 0 unspecified atom stereocenters. The molecular weight excluding hydrogens is 398 g/mol. The summed E-state index contributed by atoms with van der Waals surface area (Å²) < 4.78 is 4.99. The molecule has 2 aromatic rings. The van der Waals surface area contributed by atoms with Gasteiger partial charge in [0.05, 0.1) is 12.5 Å². The summed E-state index contributed by atoms with van der Waals surface area (Å²) in [7, 11) is 0. The quantitative estimate of drug-likeness (QED) is 0.535. The molecule has 8 heteroatoms. The third-order valence-corrected chi connectivity index (χ3v) is 4.20. The normalized spacial score (nSPS) is 11.3.